The Bertz CT molecular complexity index is 607. The molecular formula is C17H20BrNO. The van der Waals surface area contributed by atoms with Crippen molar-refractivity contribution in [2.24, 2.45) is 0 Å². The molecule has 3 heteroatoms. The molecular weight excluding hydrogens is 314 g/mol. The summed E-state index contributed by atoms with van der Waals surface area (Å²) in [6.45, 7) is 9.60. The topological polar surface area (TPSA) is 21.3 Å². The monoisotopic (exact) mass is 333 g/mol. The molecule has 0 spiro atoms. The van der Waals surface area contributed by atoms with E-state index in [9.17, 15) is 0 Å². The molecule has 2 rings (SSSR count). The quantitative estimate of drug-likeness (QED) is 0.784. The van der Waals surface area contributed by atoms with Gasteiger partial charge in [0.25, 0.3) is 0 Å². The minimum Gasteiger partial charge on any atom is -0.489 e. The molecule has 0 amide bonds. The van der Waals surface area contributed by atoms with Crippen LogP contribution in [0.1, 0.15) is 13.8 Å². The third-order valence-electron chi connectivity index (χ3n) is 2.98. The summed E-state index contributed by atoms with van der Waals surface area (Å²) in [5, 5.41) is 5.71. The van der Waals surface area contributed by atoms with Gasteiger partial charge in [-0.1, -0.05) is 48.5 Å². The summed E-state index contributed by atoms with van der Waals surface area (Å²) in [4.78, 5) is 0. The molecule has 0 aromatic heterocycles. The van der Waals surface area contributed by atoms with Crippen LogP contribution in [0.25, 0.3) is 10.8 Å². The van der Waals surface area contributed by atoms with Crippen LogP contribution in [-0.2, 0) is 0 Å². The van der Waals surface area contributed by atoms with Gasteiger partial charge < -0.3 is 10.1 Å². The van der Waals surface area contributed by atoms with Gasteiger partial charge in [-0.15, -0.1) is 0 Å². The van der Waals surface area contributed by atoms with Crippen LogP contribution in [0.2, 0.25) is 0 Å². The number of benzene rings is 2. The molecule has 0 aliphatic rings. The van der Waals surface area contributed by atoms with E-state index >= 15 is 0 Å². The van der Waals surface area contributed by atoms with Crippen LogP contribution in [0.15, 0.2) is 53.0 Å². The fraction of sp³-hybridized carbons (Fsp3) is 0.294. The molecule has 106 valence electrons. The van der Waals surface area contributed by atoms with Crippen molar-refractivity contribution >= 4 is 26.7 Å². The van der Waals surface area contributed by atoms with Crippen molar-refractivity contribution < 1.29 is 4.74 Å². The summed E-state index contributed by atoms with van der Waals surface area (Å²) in [6, 6.07) is 12.8. The average molecular weight is 334 g/mol. The van der Waals surface area contributed by atoms with E-state index in [0.717, 1.165) is 22.3 Å². The lowest BCUT2D eigenvalue weighted by Crippen LogP contribution is -2.26. The summed E-state index contributed by atoms with van der Waals surface area (Å²) in [6.07, 6.45) is 0. The molecule has 0 saturated heterocycles. The van der Waals surface area contributed by atoms with E-state index in [1.165, 1.54) is 10.8 Å². The van der Waals surface area contributed by atoms with Crippen molar-refractivity contribution in [3.05, 3.63) is 53.0 Å². The van der Waals surface area contributed by atoms with Crippen molar-refractivity contribution in [2.75, 3.05) is 13.2 Å². The molecule has 0 bridgehead atoms. The molecule has 0 heterocycles. The number of fused-ring (bicyclic) bond motifs is 1. The second kappa shape index (κ2) is 6.91. The highest BCUT2D eigenvalue weighted by molar-refractivity contribution is 9.10. The van der Waals surface area contributed by atoms with Gasteiger partial charge in [-0.05, 0) is 40.6 Å². The highest BCUT2D eigenvalue weighted by atomic mass is 79.9. The van der Waals surface area contributed by atoms with Crippen LogP contribution in [-0.4, -0.2) is 19.2 Å². The predicted molar refractivity (Wildman–Crippen MR) is 89.4 cm³/mol. The van der Waals surface area contributed by atoms with Crippen LogP contribution >= 0.6 is 15.9 Å². The Morgan fingerprint density at radius 2 is 1.90 bits per heavy atom. The minimum absolute atomic E-state index is 0.464. The van der Waals surface area contributed by atoms with Gasteiger partial charge in [0.05, 0.1) is 0 Å². The first kappa shape index (κ1) is 15.1. The number of nitrogens with one attached hydrogen (secondary N) is 1. The molecule has 2 aromatic rings. The van der Waals surface area contributed by atoms with Gasteiger partial charge in [0.2, 0.25) is 0 Å². The first-order valence-electron chi connectivity index (χ1n) is 6.77. The van der Waals surface area contributed by atoms with Crippen molar-refractivity contribution in [1.82, 2.24) is 5.32 Å². The maximum atomic E-state index is 5.79. The molecule has 0 saturated carbocycles. The normalized spacial score (nSPS) is 11.0. The highest BCUT2D eigenvalue weighted by Gasteiger charge is 2.01. The zero-order valence-electron chi connectivity index (χ0n) is 11.9. The molecule has 1 N–H and O–H groups in total. The average Bonchev–Trinajstić information content (AvgIpc) is 2.42. The fourth-order valence-corrected chi connectivity index (χ4v) is 2.25. The van der Waals surface area contributed by atoms with E-state index in [1.54, 1.807) is 0 Å². The van der Waals surface area contributed by atoms with Crippen molar-refractivity contribution in [2.45, 2.75) is 19.9 Å². The first-order chi connectivity index (χ1) is 9.54. The third-order valence-corrected chi connectivity index (χ3v) is 3.47. The largest absolute Gasteiger partial charge is 0.489 e. The second-order valence-electron chi connectivity index (χ2n) is 5.23. The molecule has 0 aliphatic heterocycles. The Labute approximate surface area is 129 Å². The number of halogens is 1. The molecule has 0 aliphatic carbocycles. The van der Waals surface area contributed by atoms with Gasteiger partial charge in [0.1, 0.15) is 12.4 Å². The summed E-state index contributed by atoms with van der Waals surface area (Å²) >= 11 is 3.48. The van der Waals surface area contributed by atoms with Crippen LogP contribution in [0.3, 0.4) is 0 Å². The van der Waals surface area contributed by atoms with Crippen molar-refractivity contribution in [3.63, 3.8) is 0 Å². The minimum atomic E-state index is 0.464. The molecule has 2 nitrogen and oxygen atoms in total. The lowest BCUT2D eigenvalue weighted by atomic mass is 10.1. The predicted octanol–water partition coefficient (Wildman–Crippen LogP) is 4.54. The summed E-state index contributed by atoms with van der Waals surface area (Å²) in [7, 11) is 0. The summed E-state index contributed by atoms with van der Waals surface area (Å²) in [5.41, 5.74) is 1.05. The van der Waals surface area contributed by atoms with Crippen LogP contribution < -0.4 is 10.1 Å². The standard InChI is InChI=1S/C17H20BrNO/c1-12(2)19-10-13(3)11-20-17-7-5-14-8-16(18)6-4-15(14)9-17/h4-9,12,19H,3,10-11H2,1-2H3. The molecule has 0 unspecified atom stereocenters. The smallest absolute Gasteiger partial charge is 0.120 e. The molecule has 0 atom stereocenters. The van der Waals surface area contributed by atoms with E-state index in [4.69, 9.17) is 4.74 Å². The van der Waals surface area contributed by atoms with E-state index in [2.05, 4.69) is 65.9 Å². The Balaban J connectivity index is 1.96. The Hall–Kier alpha value is -1.32. The Kier molecular flexibility index (Phi) is 5.21. The summed E-state index contributed by atoms with van der Waals surface area (Å²) < 4.78 is 6.88. The van der Waals surface area contributed by atoms with E-state index in [1.807, 2.05) is 12.1 Å². The van der Waals surface area contributed by atoms with Crippen molar-refractivity contribution in [3.8, 4) is 5.75 Å². The van der Waals surface area contributed by atoms with Gasteiger partial charge in [-0.3, -0.25) is 0 Å². The second-order valence-corrected chi connectivity index (χ2v) is 6.14. The van der Waals surface area contributed by atoms with Gasteiger partial charge in [-0.25, -0.2) is 0 Å². The van der Waals surface area contributed by atoms with Gasteiger partial charge >= 0.3 is 0 Å². The van der Waals surface area contributed by atoms with Crippen LogP contribution in [0, 0.1) is 0 Å². The van der Waals surface area contributed by atoms with Gasteiger partial charge in [-0.2, -0.15) is 0 Å². The van der Waals surface area contributed by atoms with E-state index in [0.29, 0.717) is 12.6 Å². The molecule has 20 heavy (non-hydrogen) atoms. The number of ether oxygens (including phenoxy) is 1. The number of rotatable bonds is 6. The Morgan fingerprint density at radius 3 is 2.65 bits per heavy atom. The number of hydrogen-bond acceptors (Lipinski definition) is 2. The maximum absolute atomic E-state index is 5.79. The lowest BCUT2D eigenvalue weighted by Gasteiger charge is -2.12. The number of hydrogen-bond donors (Lipinski definition) is 1. The molecule has 2 aromatic carbocycles. The van der Waals surface area contributed by atoms with Gasteiger partial charge in [0, 0.05) is 17.1 Å². The fourth-order valence-electron chi connectivity index (χ4n) is 1.87. The zero-order valence-corrected chi connectivity index (χ0v) is 13.5. The van der Waals surface area contributed by atoms with Crippen LogP contribution in [0.5, 0.6) is 5.75 Å². The van der Waals surface area contributed by atoms with Crippen molar-refractivity contribution in [1.29, 1.82) is 0 Å². The first-order valence-corrected chi connectivity index (χ1v) is 7.56. The van der Waals surface area contributed by atoms with E-state index in [-0.39, 0.29) is 0 Å². The lowest BCUT2D eigenvalue weighted by molar-refractivity contribution is 0.347. The molecule has 0 radical (unpaired) electrons. The maximum Gasteiger partial charge on any atom is 0.120 e. The molecule has 0 fully saturated rings. The zero-order chi connectivity index (χ0) is 14.5. The van der Waals surface area contributed by atoms with Crippen LogP contribution in [0.4, 0.5) is 0 Å². The third kappa shape index (κ3) is 4.36. The Morgan fingerprint density at radius 1 is 1.20 bits per heavy atom. The highest BCUT2D eigenvalue weighted by Crippen LogP contribution is 2.24. The van der Waals surface area contributed by atoms with Gasteiger partial charge in [0.15, 0.2) is 0 Å². The summed E-state index contributed by atoms with van der Waals surface area (Å²) in [5.74, 6) is 0.880. The van der Waals surface area contributed by atoms with E-state index < -0.39 is 0 Å². The SMILES string of the molecule is C=C(CNC(C)C)COc1ccc2cc(Br)ccc2c1.